The first-order chi connectivity index (χ1) is 12.8. The first-order valence-electron chi connectivity index (χ1n) is 8.99. The number of hydrogen-bond donors (Lipinski definition) is 1. The average molecular weight is 388 g/mol. The van der Waals surface area contributed by atoms with E-state index in [9.17, 15) is 13.2 Å². The minimum atomic E-state index is -3.52. The van der Waals surface area contributed by atoms with Crippen LogP contribution in [0, 0.1) is 0 Å². The summed E-state index contributed by atoms with van der Waals surface area (Å²) >= 11 is 0. The monoisotopic (exact) mass is 388 g/mol. The molecule has 1 atom stereocenters. The standard InChI is InChI=1S/C20H24N2O4S/c1-4-27(24,25)22-13-19(26-18-12-8-7-11-17(18)22)20(23)21-16-10-6-5-9-15(16)14(2)3/h5-12,14,19H,4,13H2,1-3H3,(H,21,23)/t19-/m1/s1. The fourth-order valence-corrected chi connectivity index (χ4v) is 4.21. The van der Waals surface area contributed by atoms with Gasteiger partial charge in [0.15, 0.2) is 6.10 Å². The number of carbonyl (C=O) groups is 1. The van der Waals surface area contributed by atoms with Gasteiger partial charge in [0.25, 0.3) is 5.91 Å². The topological polar surface area (TPSA) is 75.7 Å². The van der Waals surface area contributed by atoms with E-state index in [-0.39, 0.29) is 24.1 Å². The van der Waals surface area contributed by atoms with Gasteiger partial charge in [-0.05, 0) is 36.6 Å². The van der Waals surface area contributed by atoms with Crippen LogP contribution in [0.2, 0.25) is 0 Å². The molecule has 0 saturated carbocycles. The molecule has 27 heavy (non-hydrogen) atoms. The molecule has 0 spiro atoms. The molecule has 0 radical (unpaired) electrons. The second-order valence-electron chi connectivity index (χ2n) is 6.74. The van der Waals surface area contributed by atoms with Crippen molar-refractivity contribution in [2.45, 2.75) is 32.8 Å². The lowest BCUT2D eigenvalue weighted by Crippen LogP contribution is -2.49. The fraction of sp³-hybridized carbons (Fsp3) is 0.350. The Bertz CT molecular complexity index is 941. The van der Waals surface area contributed by atoms with Crippen molar-refractivity contribution in [1.29, 1.82) is 0 Å². The summed E-state index contributed by atoms with van der Waals surface area (Å²) in [6.07, 6.45) is -0.929. The van der Waals surface area contributed by atoms with Gasteiger partial charge in [0.05, 0.1) is 18.0 Å². The molecule has 3 rings (SSSR count). The second-order valence-corrected chi connectivity index (χ2v) is 8.92. The van der Waals surface area contributed by atoms with E-state index < -0.39 is 16.1 Å². The van der Waals surface area contributed by atoms with Crippen LogP contribution in [0.4, 0.5) is 11.4 Å². The number of amides is 1. The van der Waals surface area contributed by atoms with Gasteiger partial charge in [-0.15, -0.1) is 0 Å². The molecule has 6 nitrogen and oxygen atoms in total. The molecule has 7 heteroatoms. The Morgan fingerprint density at radius 1 is 1.19 bits per heavy atom. The quantitative estimate of drug-likeness (QED) is 0.852. The zero-order valence-corrected chi connectivity index (χ0v) is 16.5. The third kappa shape index (κ3) is 3.93. The van der Waals surface area contributed by atoms with Crippen LogP contribution in [0.25, 0.3) is 0 Å². The highest BCUT2D eigenvalue weighted by atomic mass is 32.2. The van der Waals surface area contributed by atoms with Gasteiger partial charge in [-0.25, -0.2) is 8.42 Å². The lowest BCUT2D eigenvalue weighted by atomic mass is 10.0. The van der Waals surface area contributed by atoms with Crippen LogP contribution in [0.5, 0.6) is 5.75 Å². The molecule has 2 aromatic rings. The summed E-state index contributed by atoms with van der Waals surface area (Å²) < 4.78 is 32.1. The van der Waals surface area contributed by atoms with Crippen LogP contribution >= 0.6 is 0 Å². The summed E-state index contributed by atoms with van der Waals surface area (Å²) in [4.78, 5) is 12.9. The Labute approximate surface area is 160 Å². The van der Waals surface area contributed by atoms with Crippen LogP contribution in [-0.2, 0) is 14.8 Å². The van der Waals surface area contributed by atoms with Crippen LogP contribution in [0.3, 0.4) is 0 Å². The number of carbonyl (C=O) groups excluding carboxylic acids is 1. The highest BCUT2D eigenvalue weighted by Gasteiger charge is 2.36. The average Bonchev–Trinajstić information content (AvgIpc) is 2.67. The third-order valence-corrected chi connectivity index (χ3v) is 6.32. The van der Waals surface area contributed by atoms with Crippen LogP contribution in [0.15, 0.2) is 48.5 Å². The number of nitrogens with zero attached hydrogens (tertiary/aromatic N) is 1. The maximum absolute atomic E-state index is 12.9. The number of hydrogen-bond acceptors (Lipinski definition) is 4. The van der Waals surface area contributed by atoms with Crippen molar-refractivity contribution in [1.82, 2.24) is 0 Å². The van der Waals surface area contributed by atoms with Gasteiger partial charge in [0, 0.05) is 5.69 Å². The fourth-order valence-electron chi connectivity index (χ4n) is 3.09. The molecule has 0 saturated heterocycles. The van der Waals surface area contributed by atoms with E-state index in [1.807, 2.05) is 38.1 Å². The SMILES string of the molecule is CCS(=O)(=O)N1C[C@H](C(=O)Nc2ccccc2C(C)C)Oc2ccccc21. The number of para-hydroxylation sites is 3. The van der Waals surface area contributed by atoms with Gasteiger partial charge in [-0.2, -0.15) is 0 Å². The summed E-state index contributed by atoms with van der Waals surface area (Å²) in [5.41, 5.74) is 2.19. The van der Waals surface area contributed by atoms with Gasteiger partial charge < -0.3 is 10.1 Å². The lowest BCUT2D eigenvalue weighted by molar-refractivity contribution is -0.122. The van der Waals surface area contributed by atoms with Crippen molar-refractivity contribution in [3.63, 3.8) is 0 Å². The maximum Gasteiger partial charge on any atom is 0.267 e. The van der Waals surface area contributed by atoms with Crippen molar-refractivity contribution in [3.8, 4) is 5.75 Å². The van der Waals surface area contributed by atoms with Gasteiger partial charge in [0.2, 0.25) is 10.0 Å². The molecule has 0 aliphatic carbocycles. The summed E-state index contributed by atoms with van der Waals surface area (Å²) in [7, 11) is -3.52. The normalized spacial score (nSPS) is 16.6. The van der Waals surface area contributed by atoms with Crippen LogP contribution in [-0.4, -0.2) is 32.7 Å². The van der Waals surface area contributed by atoms with E-state index in [0.717, 1.165) is 5.56 Å². The zero-order chi connectivity index (χ0) is 19.6. The molecule has 0 bridgehead atoms. The van der Waals surface area contributed by atoms with Crippen molar-refractivity contribution < 1.29 is 17.9 Å². The largest absolute Gasteiger partial charge is 0.476 e. The van der Waals surface area contributed by atoms with E-state index in [1.54, 1.807) is 31.2 Å². The molecular formula is C20H24N2O4S. The highest BCUT2D eigenvalue weighted by Crippen LogP contribution is 2.35. The summed E-state index contributed by atoms with van der Waals surface area (Å²) in [5, 5.41) is 2.90. The molecule has 2 aromatic carbocycles. The Morgan fingerprint density at radius 2 is 1.85 bits per heavy atom. The van der Waals surface area contributed by atoms with Gasteiger partial charge in [-0.1, -0.05) is 44.2 Å². The Hall–Kier alpha value is -2.54. The van der Waals surface area contributed by atoms with E-state index in [2.05, 4.69) is 5.32 Å². The third-order valence-electron chi connectivity index (χ3n) is 4.57. The molecule has 1 heterocycles. The number of ether oxygens (including phenoxy) is 1. The Kier molecular flexibility index (Phi) is 5.41. The minimum Gasteiger partial charge on any atom is -0.476 e. The first-order valence-corrected chi connectivity index (χ1v) is 10.6. The molecule has 0 unspecified atom stereocenters. The van der Waals surface area contributed by atoms with E-state index in [1.165, 1.54) is 4.31 Å². The molecule has 1 aliphatic rings. The van der Waals surface area contributed by atoms with Crippen molar-refractivity contribution in [3.05, 3.63) is 54.1 Å². The number of benzene rings is 2. The number of sulfonamides is 1. The maximum atomic E-state index is 12.9. The first kappa shape index (κ1) is 19.2. The zero-order valence-electron chi connectivity index (χ0n) is 15.7. The molecule has 0 aromatic heterocycles. The molecule has 1 aliphatic heterocycles. The Balaban J connectivity index is 1.89. The molecule has 1 amide bonds. The number of anilines is 2. The number of rotatable bonds is 5. The van der Waals surface area contributed by atoms with Gasteiger partial charge in [-0.3, -0.25) is 9.10 Å². The van der Waals surface area contributed by atoms with Crippen LogP contribution in [0.1, 0.15) is 32.3 Å². The molecule has 144 valence electrons. The summed E-state index contributed by atoms with van der Waals surface area (Å²) in [6, 6.07) is 14.4. The smallest absolute Gasteiger partial charge is 0.267 e. The highest BCUT2D eigenvalue weighted by molar-refractivity contribution is 7.92. The molecule has 0 fully saturated rings. The van der Waals surface area contributed by atoms with Gasteiger partial charge >= 0.3 is 0 Å². The predicted octanol–water partition coefficient (Wildman–Crippen LogP) is 3.37. The van der Waals surface area contributed by atoms with E-state index in [0.29, 0.717) is 17.1 Å². The van der Waals surface area contributed by atoms with Gasteiger partial charge in [0.1, 0.15) is 5.75 Å². The lowest BCUT2D eigenvalue weighted by Gasteiger charge is -2.34. The van der Waals surface area contributed by atoms with E-state index in [4.69, 9.17) is 4.74 Å². The minimum absolute atomic E-state index is 0.0497. The number of nitrogens with one attached hydrogen (secondary N) is 1. The van der Waals surface area contributed by atoms with Crippen molar-refractivity contribution in [2.24, 2.45) is 0 Å². The van der Waals surface area contributed by atoms with E-state index >= 15 is 0 Å². The summed E-state index contributed by atoms with van der Waals surface area (Å²) in [6.45, 7) is 5.63. The van der Waals surface area contributed by atoms with Crippen LogP contribution < -0.4 is 14.4 Å². The van der Waals surface area contributed by atoms with Crippen molar-refractivity contribution in [2.75, 3.05) is 21.9 Å². The molecular weight excluding hydrogens is 364 g/mol. The second kappa shape index (κ2) is 7.60. The summed E-state index contributed by atoms with van der Waals surface area (Å²) in [5.74, 6) is 0.213. The molecule has 1 N–H and O–H groups in total. The predicted molar refractivity (Wildman–Crippen MR) is 107 cm³/mol. The Morgan fingerprint density at radius 3 is 2.56 bits per heavy atom. The number of fused-ring (bicyclic) bond motifs is 1. The van der Waals surface area contributed by atoms with Crippen molar-refractivity contribution >= 4 is 27.3 Å².